The van der Waals surface area contributed by atoms with Crippen molar-refractivity contribution in [2.24, 2.45) is 5.92 Å². The Kier molecular flexibility index (Phi) is 2.28. The van der Waals surface area contributed by atoms with Crippen LogP contribution in [-0.2, 0) is 4.79 Å². The Balaban J connectivity index is 2.44. The van der Waals surface area contributed by atoms with E-state index in [0.717, 1.165) is 12.8 Å². The van der Waals surface area contributed by atoms with Gasteiger partial charge in [0, 0.05) is 6.42 Å². The van der Waals surface area contributed by atoms with Crippen molar-refractivity contribution in [1.29, 1.82) is 0 Å². The minimum atomic E-state index is 0.161. The second kappa shape index (κ2) is 2.82. The van der Waals surface area contributed by atoms with E-state index in [9.17, 15) is 4.79 Å². The molecule has 1 unspecified atom stereocenters. The molecule has 9 heavy (non-hydrogen) atoms. The van der Waals surface area contributed by atoms with E-state index in [4.69, 9.17) is 0 Å². The van der Waals surface area contributed by atoms with Crippen LogP contribution in [0.25, 0.3) is 0 Å². The lowest BCUT2D eigenvalue weighted by Gasteiger charge is -2.19. The van der Waals surface area contributed by atoms with Gasteiger partial charge in [0.1, 0.15) is 5.78 Å². The average molecular weight is 191 g/mol. The lowest BCUT2D eigenvalue weighted by molar-refractivity contribution is -0.120. The number of halogens is 1. The summed E-state index contributed by atoms with van der Waals surface area (Å²) in [6.45, 7) is 2.14. The Morgan fingerprint density at radius 1 is 1.56 bits per heavy atom. The Labute approximate surface area is 64.0 Å². The maximum absolute atomic E-state index is 11.0. The summed E-state index contributed by atoms with van der Waals surface area (Å²) in [4.78, 5) is 11.1. The SMILES string of the molecule is C[C@@H]1CCC(Br)C(=O)C1. The molecule has 1 aliphatic carbocycles. The molecule has 0 N–H and O–H groups in total. The predicted molar refractivity (Wildman–Crippen MR) is 40.7 cm³/mol. The van der Waals surface area contributed by atoms with Crippen LogP contribution in [0.5, 0.6) is 0 Å². The van der Waals surface area contributed by atoms with Crippen LogP contribution in [0.3, 0.4) is 0 Å². The van der Waals surface area contributed by atoms with Gasteiger partial charge >= 0.3 is 0 Å². The Bertz CT molecular complexity index is 122. The molecule has 0 aliphatic heterocycles. The first kappa shape index (κ1) is 7.26. The molecule has 2 heteroatoms. The molecule has 52 valence electrons. The minimum absolute atomic E-state index is 0.161. The second-order valence-electron chi connectivity index (χ2n) is 2.82. The fourth-order valence-corrected chi connectivity index (χ4v) is 1.62. The third-order valence-corrected chi connectivity index (χ3v) is 2.78. The zero-order chi connectivity index (χ0) is 6.85. The third-order valence-electron chi connectivity index (χ3n) is 1.81. The molecule has 0 aromatic carbocycles. The van der Waals surface area contributed by atoms with Crippen molar-refractivity contribution < 1.29 is 4.79 Å². The first-order valence-electron chi connectivity index (χ1n) is 3.37. The van der Waals surface area contributed by atoms with E-state index in [1.807, 2.05) is 0 Å². The van der Waals surface area contributed by atoms with Crippen molar-refractivity contribution in [3.63, 3.8) is 0 Å². The van der Waals surface area contributed by atoms with E-state index in [2.05, 4.69) is 22.9 Å². The standard InChI is InChI=1S/C7H11BrO/c1-5-2-3-6(8)7(9)4-5/h5-6H,2-4H2,1H3/t5-,6?/m1/s1. The first-order valence-corrected chi connectivity index (χ1v) is 4.28. The van der Waals surface area contributed by atoms with E-state index in [1.165, 1.54) is 6.42 Å². The molecule has 0 amide bonds. The molecule has 1 fully saturated rings. The zero-order valence-corrected chi connectivity index (χ0v) is 7.15. The van der Waals surface area contributed by atoms with Crippen LogP contribution >= 0.6 is 15.9 Å². The molecule has 0 spiro atoms. The molecule has 0 aromatic rings. The highest BCUT2D eigenvalue weighted by Crippen LogP contribution is 2.25. The minimum Gasteiger partial charge on any atom is -0.298 e. The number of Topliss-reactive ketones (excluding diaryl/α,β-unsaturated/α-hetero) is 1. The normalized spacial score (nSPS) is 36.9. The van der Waals surface area contributed by atoms with Crippen LogP contribution in [0.1, 0.15) is 26.2 Å². The van der Waals surface area contributed by atoms with Gasteiger partial charge in [-0.25, -0.2) is 0 Å². The lowest BCUT2D eigenvalue weighted by atomic mass is 9.90. The highest BCUT2D eigenvalue weighted by Gasteiger charge is 2.23. The summed E-state index contributed by atoms with van der Waals surface area (Å²) in [5, 5.41) is 0. The monoisotopic (exact) mass is 190 g/mol. The fraction of sp³-hybridized carbons (Fsp3) is 0.857. The smallest absolute Gasteiger partial charge is 0.146 e. The van der Waals surface area contributed by atoms with Crippen LogP contribution in [0, 0.1) is 5.92 Å². The quantitative estimate of drug-likeness (QED) is 0.536. The molecule has 2 atom stereocenters. The van der Waals surface area contributed by atoms with E-state index < -0.39 is 0 Å². The Hall–Kier alpha value is 0.150. The van der Waals surface area contributed by atoms with Crippen molar-refractivity contribution in [1.82, 2.24) is 0 Å². The van der Waals surface area contributed by atoms with Crippen molar-refractivity contribution in [3.05, 3.63) is 0 Å². The molecule has 0 aromatic heterocycles. The van der Waals surface area contributed by atoms with Crippen LogP contribution in [0.15, 0.2) is 0 Å². The second-order valence-corrected chi connectivity index (χ2v) is 3.93. The summed E-state index contributed by atoms with van der Waals surface area (Å²) in [6, 6.07) is 0. The van der Waals surface area contributed by atoms with Crippen molar-refractivity contribution >= 4 is 21.7 Å². The summed E-state index contributed by atoms with van der Waals surface area (Å²) in [5.41, 5.74) is 0. The molecule has 0 saturated heterocycles. The van der Waals surface area contributed by atoms with Crippen LogP contribution < -0.4 is 0 Å². The average Bonchev–Trinajstić information content (AvgIpc) is 1.80. The van der Waals surface area contributed by atoms with Gasteiger partial charge in [-0.2, -0.15) is 0 Å². The van der Waals surface area contributed by atoms with E-state index >= 15 is 0 Å². The Morgan fingerprint density at radius 2 is 2.22 bits per heavy atom. The van der Waals surface area contributed by atoms with Crippen LogP contribution in [0.2, 0.25) is 0 Å². The van der Waals surface area contributed by atoms with E-state index in [-0.39, 0.29) is 4.83 Å². The number of carbonyl (C=O) groups is 1. The van der Waals surface area contributed by atoms with Gasteiger partial charge in [0.25, 0.3) is 0 Å². The number of rotatable bonds is 0. The highest BCUT2D eigenvalue weighted by atomic mass is 79.9. The zero-order valence-electron chi connectivity index (χ0n) is 5.56. The highest BCUT2D eigenvalue weighted by molar-refractivity contribution is 9.10. The summed E-state index contributed by atoms with van der Waals surface area (Å²) in [7, 11) is 0. The van der Waals surface area contributed by atoms with Gasteiger partial charge in [-0.15, -0.1) is 0 Å². The van der Waals surface area contributed by atoms with Crippen molar-refractivity contribution in [2.75, 3.05) is 0 Å². The van der Waals surface area contributed by atoms with Gasteiger partial charge < -0.3 is 0 Å². The number of hydrogen-bond acceptors (Lipinski definition) is 1. The number of hydrogen-bond donors (Lipinski definition) is 0. The van der Waals surface area contributed by atoms with Crippen molar-refractivity contribution in [3.8, 4) is 0 Å². The van der Waals surface area contributed by atoms with Crippen molar-refractivity contribution in [2.45, 2.75) is 31.0 Å². The molecule has 0 heterocycles. The molecule has 1 nitrogen and oxygen atoms in total. The number of ketones is 1. The summed E-state index contributed by atoms with van der Waals surface area (Å²) in [6.07, 6.45) is 3.00. The molecule has 1 rings (SSSR count). The summed E-state index contributed by atoms with van der Waals surface area (Å²) < 4.78 is 0. The van der Waals surface area contributed by atoms with Crippen LogP contribution in [-0.4, -0.2) is 10.6 Å². The molecule has 1 saturated carbocycles. The van der Waals surface area contributed by atoms with Gasteiger partial charge in [-0.1, -0.05) is 22.9 Å². The van der Waals surface area contributed by atoms with Gasteiger partial charge in [0.15, 0.2) is 0 Å². The Morgan fingerprint density at radius 3 is 2.67 bits per heavy atom. The number of carbonyl (C=O) groups excluding carboxylic acids is 1. The van der Waals surface area contributed by atoms with Gasteiger partial charge in [0.2, 0.25) is 0 Å². The summed E-state index contributed by atoms with van der Waals surface area (Å²) in [5.74, 6) is 1.00. The van der Waals surface area contributed by atoms with Gasteiger partial charge in [0.05, 0.1) is 4.83 Å². The van der Waals surface area contributed by atoms with Crippen LogP contribution in [0.4, 0.5) is 0 Å². The van der Waals surface area contributed by atoms with E-state index in [0.29, 0.717) is 11.7 Å². The van der Waals surface area contributed by atoms with Gasteiger partial charge in [-0.05, 0) is 18.8 Å². The third kappa shape index (κ3) is 1.78. The molecule has 0 bridgehead atoms. The number of alkyl halides is 1. The first-order chi connectivity index (χ1) is 4.20. The largest absolute Gasteiger partial charge is 0.298 e. The maximum Gasteiger partial charge on any atom is 0.146 e. The fourth-order valence-electron chi connectivity index (χ4n) is 1.17. The maximum atomic E-state index is 11.0. The predicted octanol–water partition coefficient (Wildman–Crippen LogP) is 2.14. The van der Waals surface area contributed by atoms with E-state index in [1.54, 1.807) is 0 Å². The molecular weight excluding hydrogens is 180 g/mol. The molecule has 1 aliphatic rings. The molecular formula is C7H11BrO. The lowest BCUT2D eigenvalue weighted by Crippen LogP contribution is -2.23. The topological polar surface area (TPSA) is 17.1 Å². The van der Waals surface area contributed by atoms with Gasteiger partial charge in [-0.3, -0.25) is 4.79 Å². The molecule has 0 radical (unpaired) electrons. The summed E-state index contributed by atoms with van der Waals surface area (Å²) >= 11 is 3.33.